The summed E-state index contributed by atoms with van der Waals surface area (Å²) < 4.78 is 6.43. The van der Waals surface area contributed by atoms with Gasteiger partial charge in [-0.2, -0.15) is 0 Å². The van der Waals surface area contributed by atoms with Crippen LogP contribution in [0.1, 0.15) is 136 Å². The molecular weight excluding hydrogens is 496 g/mol. The van der Waals surface area contributed by atoms with Crippen LogP contribution < -0.4 is 0 Å². The molecule has 0 bridgehead atoms. The number of rotatable bonds is 15. The van der Waals surface area contributed by atoms with Gasteiger partial charge in [-0.15, -0.1) is 0 Å². The lowest BCUT2D eigenvalue weighted by atomic mass is 9.66. The zero-order valence-electron chi connectivity index (χ0n) is 29.3. The Hall–Kier alpha value is -0.650. The van der Waals surface area contributed by atoms with Crippen LogP contribution in [0.15, 0.2) is 0 Å². The second-order valence-corrected chi connectivity index (χ2v) is 17.9. The Balaban J connectivity index is 1.98. The normalized spacial score (nSPS) is 28.5. The number of ether oxygens (including phenoxy) is 1. The van der Waals surface area contributed by atoms with E-state index in [9.17, 15) is 9.90 Å². The number of hydrogen-bond acceptors (Lipinski definition) is 4. The molecule has 0 aromatic rings. The number of amides is 1. The minimum atomic E-state index is -0.735. The van der Waals surface area contributed by atoms with Crippen molar-refractivity contribution < 1.29 is 14.6 Å². The average molecular weight is 565 g/mol. The smallest absolute Gasteiger partial charge is 0.228 e. The highest BCUT2D eigenvalue weighted by atomic mass is 16.5. The van der Waals surface area contributed by atoms with E-state index >= 15 is 0 Å². The molecular formula is C35H68N2O3. The van der Waals surface area contributed by atoms with Crippen LogP contribution in [0.2, 0.25) is 0 Å². The molecule has 236 valence electrons. The number of carbonyl (C=O) groups excluding carboxylic acids is 1. The SMILES string of the molecule is CC(C)CN(CCC(C)(C)OCCC(C)(C)N1C(=O)C(C(C)(C)CC2(C)CC2(C)C(C)(C)C)CC1O)CC(C)C. The Morgan fingerprint density at radius 1 is 0.950 bits per heavy atom. The molecule has 0 spiro atoms. The largest absolute Gasteiger partial charge is 0.375 e. The van der Waals surface area contributed by atoms with Gasteiger partial charge in [0.25, 0.3) is 0 Å². The molecule has 0 aromatic heterocycles. The Bertz CT molecular complexity index is 845. The number of carbonyl (C=O) groups is 1. The molecule has 2 aliphatic rings. The summed E-state index contributed by atoms with van der Waals surface area (Å²) in [6, 6.07) is 0. The molecule has 2 rings (SSSR count). The molecule has 1 amide bonds. The molecule has 2 fully saturated rings. The van der Waals surface area contributed by atoms with Gasteiger partial charge in [-0.3, -0.25) is 4.79 Å². The summed E-state index contributed by atoms with van der Waals surface area (Å²) in [5.41, 5.74) is -0.136. The molecule has 1 heterocycles. The zero-order valence-corrected chi connectivity index (χ0v) is 29.3. The van der Waals surface area contributed by atoms with E-state index in [1.807, 2.05) is 0 Å². The highest BCUT2D eigenvalue weighted by molar-refractivity contribution is 5.82. The molecule has 1 aliphatic heterocycles. The first-order valence-corrected chi connectivity index (χ1v) is 16.3. The van der Waals surface area contributed by atoms with E-state index in [4.69, 9.17) is 4.74 Å². The van der Waals surface area contributed by atoms with Crippen molar-refractivity contribution in [3.63, 3.8) is 0 Å². The highest BCUT2D eigenvalue weighted by Gasteiger charge is 2.67. The van der Waals surface area contributed by atoms with Crippen LogP contribution in [0.5, 0.6) is 0 Å². The lowest BCUT2D eigenvalue weighted by Crippen LogP contribution is -2.51. The third-order valence-electron chi connectivity index (χ3n) is 10.8. The van der Waals surface area contributed by atoms with Gasteiger partial charge in [0.05, 0.1) is 5.60 Å². The van der Waals surface area contributed by atoms with Gasteiger partial charge in [0.15, 0.2) is 0 Å². The van der Waals surface area contributed by atoms with Gasteiger partial charge >= 0.3 is 0 Å². The van der Waals surface area contributed by atoms with Crippen molar-refractivity contribution in [1.29, 1.82) is 0 Å². The predicted octanol–water partition coefficient (Wildman–Crippen LogP) is 8.00. The lowest BCUT2D eigenvalue weighted by molar-refractivity contribution is -0.147. The molecule has 1 saturated carbocycles. The van der Waals surface area contributed by atoms with E-state index < -0.39 is 11.8 Å². The Morgan fingerprint density at radius 2 is 1.48 bits per heavy atom. The summed E-state index contributed by atoms with van der Waals surface area (Å²) >= 11 is 0. The second kappa shape index (κ2) is 12.2. The van der Waals surface area contributed by atoms with Gasteiger partial charge in [-0.25, -0.2) is 0 Å². The minimum Gasteiger partial charge on any atom is -0.375 e. The van der Waals surface area contributed by atoms with Gasteiger partial charge in [0.2, 0.25) is 5.91 Å². The summed E-state index contributed by atoms with van der Waals surface area (Å²) in [6.07, 6.45) is 3.67. The van der Waals surface area contributed by atoms with E-state index in [2.05, 4.69) is 109 Å². The first-order chi connectivity index (χ1) is 17.9. The fraction of sp³-hybridized carbons (Fsp3) is 0.971. The van der Waals surface area contributed by atoms with Crippen molar-refractivity contribution in [2.45, 2.75) is 153 Å². The summed E-state index contributed by atoms with van der Waals surface area (Å²) in [5, 5.41) is 11.2. The van der Waals surface area contributed by atoms with Crippen LogP contribution in [-0.4, -0.2) is 64.4 Å². The van der Waals surface area contributed by atoms with Crippen molar-refractivity contribution >= 4 is 5.91 Å². The van der Waals surface area contributed by atoms with Crippen molar-refractivity contribution in [2.24, 2.45) is 39.4 Å². The van der Waals surface area contributed by atoms with Gasteiger partial charge in [-0.05, 0) is 86.9 Å². The maximum Gasteiger partial charge on any atom is 0.228 e. The van der Waals surface area contributed by atoms with E-state index in [0.717, 1.165) is 32.5 Å². The van der Waals surface area contributed by atoms with Crippen LogP contribution >= 0.6 is 0 Å². The molecule has 4 unspecified atom stereocenters. The van der Waals surface area contributed by atoms with E-state index in [-0.39, 0.29) is 39.1 Å². The van der Waals surface area contributed by atoms with Crippen LogP contribution in [0.3, 0.4) is 0 Å². The van der Waals surface area contributed by atoms with Crippen molar-refractivity contribution in [3.8, 4) is 0 Å². The highest BCUT2D eigenvalue weighted by Crippen LogP contribution is 2.75. The van der Waals surface area contributed by atoms with Gasteiger partial charge in [-0.1, -0.05) is 76.2 Å². The minimum absolute atomic E-state index is 0.112. The lowest BCUT2D eigenvalue weighted by Gasteiger charge is -2.41. The number of aliphatic hydroxyl groups is 1. The molecule has 0 aromatic carbocycles. The van der Waals surface area contributed by atoms with Gasteiger partial charge in [0, 0.05) is 44.1 Å². The van der Waals surface area contributed by atoms with Crippen LogP contribution in [0.4, 0.5) is 0 Å². The monoisotopic (exact) mass is 565 g/mol. The molecule has 40 heavy (non-hydrogen) atoms. The number of aliphatic hydroxyl groups excluding tert-OH is 1. The van der Waals surface area contributed by atoms with Crippen molar-refractivity contribution in [3.05, 3.63) is 0 Å². The van der Waals surface area contributed by atoms with E-state index in [1.165, 1.54) is 6.42 Å². The Kier molecular flexibility index (Phi) is 10.8. The third kappa shape index (κ3) is 8.25. The van der Waals surface area contributed by atoms with Crippen molar-refractivity contribution in [2.75, 3.05) is 26.2 Å². The fourth-order valence-electron chi connectivity index (χ4n) is 7.87. The van der Waals surface area contributed by atoms with Crippen LogP contribution in [0.25, 0.3) is 0 Å². The standard InChI is InChI=1S/C35H68N2O3/c1-25(2)21-36(22-26(3)4)18-16-33(12,13)40-19-17-32(10,11)37-28(38)20-27(29(37)39)31(8,9)23-34(14)24-35(34,15)30(5,6)7/h25-28,38H,16-24H2,1-15H3. The number of nitrogens with zero attached hydrogens (tertiary/aromatic N) is 2. The second-order valence-electron chi connectivity index (χ2n) is 17.9. The molecule has 5 heteroatoms. The molecule has 1 N–H and O–H groups in total. The van der Waals surface area contributed by atoms with Crippen LogP contribution in [0, 0.1) is 39.4 Å². The molecule has 5 nitrogen and oxygen atoms in total. The van der Waals surface area contributed by atoms with E-state index in [0.29, 0.717) is 31.3 Å². The molecule has 4 atom stereocenters. The summed E-state index contributed by atoms with van der Waals surface area (Å²) in [6.45, 7) is 37.8. The van der Waals surface area contributed by atoms with Crippen LogP contribution in [-0.2, 0) is 9.53 Å². The maximum atomic E-state index is 13.9. The Morgan fingerprint density at radius 3 is 1.93 bits per heavy atom. The maximum absolute atomic E-state index is 13.9. The quantitative estimate of drug-likeness (QED) is 0.219. The molecule has 0 radical (unpaired) electrons. The van der Waals surface area contributed by atoms with Gasteiger partial charge < -0.3 is 19.6 Å². The average Bonchev–Trinajstić information content (AvgIpc) is 3.13. The Labute approximate surface area is 249 Å². The first kappa shape index (κ1) is 35.5. The third-order valence-corrected chi connectivity index (χ3v) is 10.8. The fourth-order valence-corrected chi connectivity index (χ4v) is 7.87. The summed E-state index contributed by atoms with van der Waals surface area (Å²) in [4.78, 5) is 18.3. The molecule has 1 saturated heterocycles. The summed E-state index contributed by atoms with van der Waals surface area (Å²) in [5.74, 6) is 1.25. The van der Waals surface area contributed by atoms with E-state index in [1.54, 1.807) is 4.90 Å². The molecule has 1 aliphatic carbocycles. The summed E-state index contributed by atoms with van der Waals surface area (Å²) in [7, 11) is 0. The first-order valence-electron chi connectivity index (χ1n) is 16.3. The number of hydrogen-bond donors (Lipinski definition) is 1. The van der Waals surface area contributed by atoms with Crippen molar-refractivity contribution in [1.82, 2.24) is 9.80 Å². The zero-order chi connectivity index (χ0) is 31.1. The topological polar surface area (TPSA) is 53.0 Å². The number of likely N-dealkylation sites (tertiary alicyclic amines) is 1. The predicted molar refractivity (Wildman–Crippen MR) is 169 cm³/mol. The van der Waals surface area contributed by atoms with Gasteiger partial charge in [0.1, 0.15) is 6.23 Å².